The fourth-order valence-corrected chi connectivity index (χ4v) is 16.7. The molecule has 1 amide bonds. The molecule has 2 bridgehead atoms. The maximum Gasteiger partial charge on any atom is 0.410 e. The number of aromatic nitrogens is 3. The largest absolute Gasteiger partial charge is 0.461 e. The van der Waals surface area contributed by atoms with Crippen LogP contribution >= 0.6 is 0 Å². The lowest BCUT2D eigenvalue weighted by Crippen LogP contribution is -2.56. The Hall–Kier alpha value is -4.38. The highest BCUT2D eigenvalue weighted by Gasteiger charge is 2.47. The van der Waals surface area contributed by atoms with Crippen molar-refractivity contribution in [2.45, 2.75) is 147 Å². The Morgan fingerprint density at radius 1 is 0.968 bits per heavy atom. The summed E-state index contributed by atoms with van der Waals surface area (Å²) in [4.78, 5) is 34.6. The molecule has 4 aliphatic heterocycles. The number of hydrogen-bond donors (Lipinski definition) is 0. The molecule has 4 aromatic rings. The monoisotopic (exact) mass is 866 g/mol. The number of rotatable bonds is 10. The molecule has 0 radical (unpaired) electrons. The molecule has 8 rings (SSSR count). The van der Waals surface area contributed by atoms with E-state index < -0.39 is 25.3 Å². The van der Waals surface area contributed by atoms with E-state index in [2.05, 4.69) is 62.8 Å². The molecule has 4 saturated heterocycles. The summed E-state index contributed by atoms with van der Waals surface area (Å²) in [5.41, 5.74) is 5.61. The number of nitrogens with zero attached hydrogens (tertiary/aromatic N) is 6. The number of carbonyl (C=O) groups is 1. The number of benzene rings is 2. The topological polar surface area (TPSA) is 93.2 Å². The Morgan fingerprint density at radius 2 is 1.63 bits per heavy atom. The van der Waals surface area contributed by atoms with E-state index in [0.717, 1.165) is 62.6 Å². The van der Waals surface area contributed by atoms with Crippen LogP contribution in [0.25, 0.3) is 32.9 Å². The van der Waals surface area contributed by atoms with Gasteiger partial charge in [0.1, 0.15) is 43.1 Å². The van der Waals surface area contributed by atoms with E-state index >= 15 is 8.78 Å². The lowest BCUT2D eigenvalue weighted by Gasteiger charge is -2.42. The summed E-state index contributed by atoms with van der Waals surface area (Å²) >= 11 is 0. The van der Waals surface area contributed by atoms with Gasteiger partial charge in [-0.3, -0.25) is 9.88 Å². The lowest BCUT2D eigenvalue weighted by molar-refractivity contribution is 0.0209. The minimum Gasteiger partial charge on any atom is -0.461 e. The second-order valence-corrected chi connectivity index (χ2v) is 25.7. The molecule has 0 saturated carbocycles. The number of ether oxygens (including phenoxy) is 3. The van der Waals surface area contributed by atoms with Crippen LogP contribution in [-0.2, 0) is 16.1 Å². The standard InChI is InChI=1S/C49H64F2N6O4Si/c1-30(2)62(31(3)4,32(5)6)22-17-37-40(50)16-13-34-23-33(28-59-10)24-38(41(34)37)43-42(51)44-39(25-52-43)45(54-46(53-44)60-29-49-18-11-20-56(49)21-12-19-49)57-35-14-15-36(57)27-55(26-35)47(58)61-48(7,8)9/h13,16,23-25,30-32,35-36H,11-12,14-15,18-21,26-29H2,1-10H3/t35-,36+. The van der Waals surface area contributed by atoms with E-state index in [4.69, 9.17) is 29.2 Å². The number of fused-ring (bicyclic) bond motifs is 5. The van der Waals surface area contributed by atoms with Crippen molar-refractivity contribution in [3.8, 4) is 28.7 Å². The summed E-state index contributed by atoms with van der Waals surface area (Å²) in [5.74, 6) is 2.82. The zero-order valence-corrected chi connectivity index (χ0v) is 39.3. The average Bonchev–Trinajstić information content (AvgIpc) is 3.87. The summed E-state index contributed by atoms with van der Waals surface area (Å²) in [6, 6.07) is 6.93. The van der Waals surface area contributed by atoms with Crippen molar-refractivity contribution >= 4 is 41.7 Å². The molecule has 4 fully saturated rings. The molecule has 0 aliphatic carbocycles. The van der Waals surface area contributed by atoms with Gasteiger partial charge in [-0.25, -0.2) is 13.6 Å². The van der Waals surface area contributed by atoms with E-state index in [1.165, 1.54) is 6.07 Å². The molecule has 2 aromatic carbocycles. The highest BCUT2D eigenvalue weighted by molar-refractivity contribution is 6.90. The number of anilines is 1. The maximum atomic E-state index is 17.9. The molecule has 6 heterocycles. The summed E-state index contributed by atoms with van der Waals surface area (Å²) in [5, 5.41) is 1.68. The Kier molecular flexibility index (Phi) is 12.1. The molecule has 2 atom stereocenters. The molecule has 10 nitrogen and oxygen atoms in total. The number of likely N-dealkylation sites (tertiary alicyclic amines) is 1. The number of halogens is 2. The quantitative estimate of drug-likeness (QED) is 0.114. The normalized spacial score (nSPS) is 20.2. The maximum absolute atomic E-state index is 17.9. The van der Waals surface area contributed by atoms with Crippen LogP contribution in [0.2, 0.25) is 16.6 Å². The second kappa shape index (κ2) is 17.0. The second-order valence-electron chi connectivity index (χ2n) is 20.1. The van der Waals surface area contributed by atoms with Gasteiger partial charge < -0.3 is 24.0 Å². The van der Waals surface area contributed by atoms with Gasteiger partial charge in [0, 0.05) is 49.4 Å². The van der Waals surface area contributed by atoms with Crippen molar-refractivity contribution in [2.24, 2.45) is 0 Å². The van der Waals surface area contributed by atoms with Crippen molar-refractivity contribution in [1.29, 1.82) is 0 Å². The van der Waals surface area contributed by atoms with Gasteiger partial charge >= 0.3 is 12.1 Å². The van der Waals surface area contributed by atoms with E-state index in [9.17, 15) is 4.79 Å². The first-order valence-corrected chi connectivity index (χ1v) is 25.0. The number of pyridine rings is 1. The van der Waals surface area contributed by atoms with Crippen LogP contribution < -0.4 is 9.64 Å². The Bertz CT molecular complexity index is 2380. The van der Waals surface area contributed by atoms with Gasteiger partial charge in [0.05, 0.1) is 23.1 Å². The smallest absolute Gasteiger partial charge is 0.410 e. The molecular weight excluding hydrogens is 803 g/mol. The summed E-state index contributed by atoms with van der Waals surface area (Å²) in [6.07, 6.45) is 7.27. The van der Waals surface area contributed by atoms with Gasteiger partial charge in [0.2, 0.25) is 0 Å². The van der Waals surface area contributed by atoms with E-state index in [1.54, 1.807) is 24.3 Å². The molecule has 4 aliphatic rings. The minimum atomic E-state index is -2.28. The van der Waals surface area contributed by atoms with Crippen LogP contribution in [0, 0.1) is 23.1 Å². The third-order valence-corrected chi connectivity index (χ3v) is 20.6. The lowest BCUT2D eigenvalue weighted by atomic mass is 9.94. The van der Waals surface area contributed by atoms with Crippen LogP contribution in [0.15, 0.2) is 30.5 Å². The molecule has 0 spiro atoms. The first kappa shape index (κ1) is 44.2. The fourth-order valence-electron chi connectivity index (χ4n) is 11.5. The molecular formula is C49H64F2N6O4Si. The highest BCUT2D eigenvalue weighted by atomic mass is 28.3. The summed E-state index contributed by atoms with van der Waals surface area (Å²) in [6.45, 7) is 22.7. The van der Waals surface area contributed by atoms with Crippen LogP contribution in [-0.4, -0.2) is 102 Å². The zero-order chi connectivity index (χ0) is 44.3. The van der Waals surface area contributed by atoms with Crippen molar-refractivity contribution in [3.05, 3.63) is 53.2 Å². The van der Waals surface area contributed by atoms with Gasteiger partial charge in [0.15, 0.2) is 5.82 Å². The van der Waals surface area contributed by atoms with Gasteiger partial charge in [0.25, 0.3) is 0 Å². The van der Waals surface area contributed by atoms with Gasteiger partial charge in [-0.15, -0.1) is 5.54 Å². The number of methoxy groups -OCH3 is 1. The Morgan fingerprint density at radius 3 is 2.24 bits per heavy atom. The Labute approximate surface area is 367 Å². The molecule has 332 valence electrons. The van der Waals surface area contributed by atoms with Crippen LogP contribution in [0.3, 0.4) is 0 Å². The number of amides is 1. The molecule has 13 heteroatoms. The third kappa shape index (κ3) is 7.93. The van der Waals surface area contributed by atoms with E-state index in [-0.39, 0.29) is 53.1 Å². The van der Waals surface area contributed by atoms with E-state index in [1.807, 2.05) is 32.9 Å². The number of carbonyl (C=O) groups excluding carboxylic acids is 1. The van der Waals surface area contributed by atoms with Crippen LogP contribution in [0.4, 0.5) is 19.4 Å². The summed E-state index contributed by atoms with van der Waals surface area (Å²) < 4.78 is 52.1. The highest BCUT2D eigenvalue weighted by Crippen LogP contribution is 2.44. The number of piperazine rings is 1. The first-order valence-electron chi connectivity index (χ1n) is 22.7. The Balaban J connectivity index is 1.29. The van der Waals surface area contributed by atoms with Gasteiger partial charge in [-0.2, -0.15) is 9.97 Å². The first-order chi connectivity index (χ1) is 29.5. The van der Waals surface area contributed by atoms with Crippen molar-refractivity contribution in [2.75, 3.05) is 44.8 Å². The predicted molar refractivity (Wildman–Crippen MR) is 244 cm³/mol. The van der Waals surface area contributed by atoms with Crippen LogP contribution in [0.5, 0.6) is 6.01 Å². The van der Waals surface area contributed by atoms with Gasteiger partial charge in [-0.1, -0.05) is 53.5 Å². The molecule has 0 unspecified atom stereocenters. The minimum absolute atomic E-state index is 0.0406. The van der Waals surface area contributed by atoms with Gasteiger partial charge in [-0.05, 0) is 118 Å². The average molecular weight is 867 g/mol. The van der Waals surface area contributed by atoms with Crippen LogP contribution in [0.1, 0.15) is 112 Å². The zero-order valence-electron chi connectivity index (χ0n) is 38.3. The van der Waals surface area contributed by atoms with Crippen molar-refractivity contribution in [1.82, 2.24) is 24.8 Å². The third-order valence-electron chi connectivity index (χ3n) is 14.3. The molecule has 62 heavy (non-hydrogen) atoms. The SMILES string of the molecule is COCc1cc(-c2ncc3c(N4[C@@H]5CC[C@H]4CN(C(=O)OC(C)(C)C)C5)nc(OCC45CCCN4CCC5)nc3c2F)c2c(C#C[Si](C(C)C)(C(C)C)C(C)C)c(F)ccc2c1. The fraction of sp³-hybridized carbons (Fsp3) is 0.592. The number of hydrogen-bond acceptors (Lipinski definition) is 9. The van der Waals surface area contributed by atoms with Crippen molar-refractivity contribution < 1.29 is 27.8 Å². The van der Waals surface area contributed by atoms with E-state index in [0.29, 0.717) is 58.5 Å². The summed E-state index contributed by atoms with van der Waals surface area (Å²) in [7, 11) is -0.661. The molecule has 0 N–H and O–H groups in total. The van der Waals surface area contributed by atoms with Crippen molar-refractivity contribution in [3.63, 3.8) is 0 Å². The molecule has 2 aromatic heterocycles. The predicted octanol–water partition coefficient (Wildman–Crippen LogP) is 10.4.